The van der Waals surface area contributed by atoms with Gasteiger partial charge in [-0.2, -0.15) is 13.2 Å². The van der Waals surface area contributed by atoms with Gasteiger partial charge in [0.25, 0.3) is 0 Å². The van der Waals surface area contributed by atoms with Crippen molar-refractivity contribution in [1.29, 1.82) is 0 Å². The van der Waals surface area contributed by atoms with Crippen molar-refractivity contribution in [2.75, 3.05) is 13.7 Å². The first-order valence-corrected chi connectivity index (χ1v) is 5.09. The van der Waals surface area contributed by atoms with Crippen LogP contribution in [0.4, 0.5) is 13.2 Å². The summed E-state index contributed by atoms with van der Waals surface area (Å²) in [4.78, 5) is 7.81. The highest BCUT2D eigenvalue weighted by Gasteiger charge is 2.27. The molecule has 0 atom stereocenters. The molecule has 0 aliphatic rings. The number of halogens is 3. The van der Waals surface area contributed by atoms with Crippen LogP contribution >= 0.6 is 0 Å². The Hall–Kier alpha value is -1.37. The summed E-state index contributed by atoms with van der Waals surface area (Å²) in [6, 6.07) is -0.0217. The first kappa shape index (κ1) is 13.7. The van der Waals surface area contributed by atoms with E-state index in [1.165, 1.54) is 0 Å². The summed E-state index contributed by atoms with van der Waals surface area (Å²) in [6.45, 7) is 1.90. The number of alkyl halides is 3. The van der Waals surface area contributed by atoms with Crippen LogP contribution in [-0.2, 0) is 6.54 Å². The smallest absolute Gasteiger partial charge is 0.392 e. The zero-order valence-corrected chi connectivity index (χ0v) is 9.64. The fraction of sp³-hybridized carbons (Fsp3) is 0.600. The van der Waals surface area contributed by atoms with Crippen molar-refractivity contribution in [2.45, 2.75) is 26.1 Å². The molecular weight excluding hydrogens is 235 g/mol. The molecule has 0 bridgehead atoms. The predicted octanol–water partition coefficient (Wildman–Crippen LogP) is 1.84. The maximum absolute atomic E-state index is 11.9. The topological polar surface area (TPSA) is 47.0 Å². The second-order valence-electron chi connectivity index (χ2n) is 3.51. The average molecular weight is 249 g/mol. The molecule has 0 spiro atoms. The zero-order chi connectivity index (χ0) is 12.9. The van der Waals surface area contributed by atoms with Crippen molar-refractivity contribution in [1.82, 2.24) is 15.3 Å². The summed E-state index contributed by atoms with van der Waals surface area (Å²) in [5, 5.41) is 2.94. The molecule has 0 fully saturated rings. The lowest BCUT2D eigenvalue weighted by molar-refractivity contribution is -0.139. The molecule has 0 saturated carbocycles. The van der Waals surface area contributed by atoms with Crippen molar-refractivity contribution in [3.8, 4) is 6.01 Å². The molecule has 1 aromatic rings. The van der Waals surface area contributed by atoms with Gasteiger partial charge in [-0.15, -0.1) is 0 Å². The largest absolute Gasteiger partial charge is 0.463 e. The summed E-state index contributed by atoms with van der Waals surface area (Å²) in [7, 11) is 1.78. The van der Waals surface area contributed by atoms with Crippen molar-refractivity contribution < 1.29 is 17.9 Å². The molecule has 0 saturated heterocycles. The van der Waals surface area contributed by atoms with E-state index in [1.807, 2.05) is 0 Å². The predicted molar refractivity (Wildman–Crippen MR) is 55.7 cm³/mol. The molecule has 1 rings (SSSR count). The Morgan fingerprint density at radius 3 is 2.65 bits per heavy atom. The maximum atomic E-state index is 11.9. The second-order valence-corrected chi connectivity index (χ2v) is 3.51. The highest BCUT2D eigenvalue weighted by atomic mass is 19.4. The van der Waals surface area contributed by atoms with E-state index in [0.29, 0.717) is 12.2 Å². The van der Waals surface area contributed by atoms with E-state index < -0.39 is 19.2 Å². The van der Waals surface area contributed by atoms with E-state index in [2.05, 4.69) is 15.3 Å². The van der Waals surface area contributed by atoms with E-state index in [9.17, 15) is 13.2 Å². The van der Waals surface area contributed by atoms with Gasteiger partial charge in [0, 0.05) is 24.0 Å². The lowest BCUT2D eigenvalue weighted by atomic mass is 10.2. The molecule has 0 aromatic carbocycles. The first-order chi connectivity index (χ1) is 7.92. The zero-order valence-electron chi connectivity index (χ0n) is 9.64. The Labute approximate surface area is 97.2 Å². The van der Waals surface area contributed by atoms with Crippen LogP contribution in [0.3, 0.4) is 0 Å². The van der Waals surface area contributed by atoms with E-state index in [4.69, 9.17) is 4.74 Å². The number of aromatic nitrogens is 2. The highest BCUT2D eigenvalue weighted by Crippen LogP contribution is 2.19. The molecule has 1 aromatic heterocycles. The van der Waals surface area contributed by atoms with E-state index in [0.717, 1.165) is 5.56 Å². The summed E-state index contributed by atoms with van der Waals surface area (Å²) in [5.74, 6) is 0. The van der Waals surface area contributed by atoms with Crippen molar-refractivity contribution in [3.63, 3.8) is 0 Å². The fourth-order valence-electron chi connectivity index (χ4n) is 1.16. The van der Waals surface area contributed by atoms with E-state index >= 15 is 0 Å². The third kappa shape index (κ3) is 4.99. The van der Waals surface area contributed by atoms with Gasteiger partial charge in [-0.3, -0.25) is 0 Å². The Kier molecular flexibility index (Phi) is 4.68. The Balaban J connectivity index is 2.53. The first-order valence-electron chi connectivity index (χ1n) is 5.09. The van der Waals surface area contributed by atoms with Crippen molar-refractivity contribution in [3.05, 3.63) is 17.5 Å². The number of nitrogens with zero attached hydrogens (tertiary/aromatic N) is 2. The van der Waals surface area contributed by atoms with Gasteiger partial charge in [-0.25, -0.2) is 9.97 Å². The molecule has 17 heavy (non-hydrogen) atoms. The molecule has 0 radical (unpaired) electrons. The normalized spacial score (nSPS) is 11.6. The van der Waals surface area contributed by atoms with Gasteiger partial charge < -0.3 is 10.1 Å². The summed E-state index contributed by atoms with van der Waals surface area (Å²) in [6.07, 6.45) is -3.68. The highest BCUT2D eigenvalue weighted by molar-refractivity contribution is 5.17. The third-order valence-corrected chi connectivity index (χ3v) is 2.04. The van der Waals surface area contributed by atoms with Crippen LogP contribution < -0.4 is 10.1 Å². The fourth-order valence-corrected chi connectivity index (χ4v) is 1.16. The lowest BCUT2D eigenvalue weighted by Gasteiger charge is -2.09. The number of nitrogens with one attached hydrogen (secondary N) is 1. The van der Waals surface area contributed by atoms with Gasteiger partial charge in [-0.1, -0.05) is 0 Å². The van der Waals surface area contributed by atoms with Crippen LogP contribution in [0.2, 0.25) is 0 Å². The number of aryl methyl sites for hydroxylation is 1. The molecule has 0 aliphatic heterocycles. The Bertz CT molecular complexity index is 368. The SMILES string of the molecule is CNCc1cnc(OCCC(F)(F)F)nc1C. The molecular formula is C10H14F3N3O. The monoisotopic (exact) mass is 249 g/mol. The van der Waals surface area contributed by atoms with Crippen LogP contribution in [-0.4, -0.2) is 29.8 Å². The maximum Gasteiger partial charge on any atom is 0.392 e. The lowest BCUT2D eigenvalue weighted by Crippen LogP contribution is -2.14. The van der Waals surface area contributed by atoms with Gasteiger partial charge >= 0.3 is 12.2 Å². The molecule has 0 unspecified atom stereocenters. The van der Waals surface area contributed by atoms with Crippen molar-refractivity contribution in [2.24, 2.45) is 0 Å². The van der Waals surface area contributed by atoms with E-state index in [-0.39, 0.29) is 6.01 Å². The van der Waals surface area contributed by atoms with E-state index in [1.54, 1.807) is 20.2 Å². The van der Waals surface area contributed by atoms with Crippen LogP contribution in [0, 0.1) is 6.92 Å². The second kappa shape index (κ2) is 5.81. The minimum Gasteiger partial charge on any atom is -0.463 e. The third-order valence-electron chi connectivity index (χ3n) is 2.04. The molecule has 1 N–H and O–H groups in total. The number of rotatable bonds is 5. The van der Waals surface area contributed by atoms with Gasteiger partial charge in [0.05, 0.1) is 6.42 Å². The molecule has 4 nitrogen and oxygen atoms in total. The minimum atomic E-state index is -4.22. The van der Waals surface area contributed by atoms with Crippen LogP contribution in [0.25, 0.3) is 0 Å². The number of hydrogen-bond acceptors (Lipinski definition) is 4. The van der Waals surface area contributed by atoms with Crippen LogP contribution in [0.5, 0.6) is 6.01 Å². The summed E-state index contributed by atoms with van der Waals surface area (Å²) in [5.41, 5.74) is 1.58. The number of ether oxygens (including phenoxy) is 1. The molecule has 0 amide bonds. The molecule has 0 aliphatic carbocycles. The summed E-state index contributed by atoms with van der Waals surface area (Å²) < 4.78 is 40.5. The number of hydrogen-bond donors (Lipinski definition) is 1. The molecule has 96 valence electrons. The molecule has 7 heteroatoms. The Morgan fingerprint density at radius 1 is 1.41 bits per heavy atom. The van der Waals surface area contributed by atoms with Crippen LogP contribution in [0.1, 0.15) is 17.7 Å². The van der Waals surface area contributed by atoms with Crippen molar-refractivity contribution >= 4 is 0 Å². The Morgan fingerprint density at radius 2 is 2.12 bits per heavy atom. The molecule has 1 heterocycles. The van der Waals surface area contributed by atoms with Gasteiger partial charge in [0.2, 0.25) is 0 Å². The van der Waals surface area contributed by atoms with Gasteiger partial charge in [0.15, 0.2) is 0 Å². The minimum absolute atomic E-state index is 0.0217. The van der Waals surface area contributed by atoms with Gasteiger partial charge in [0.1, 0.15) is 6.61 Å². The van der Waals surface area contributed by atoms with Gasteiger partial charge in [-0.05, 0) is 14.0 Å². The standard InChI is InChI=1S/C10H14F3N3O/c1-7-8(5-14-2)6-15-9(16-7)17-4-3-10(11,12)13/h6,14H,3-5H2,1-2H3. The average Bonchev–Trinajstić information content (AvgIpc) is 2.20. The quantitative estimate of drug-likeness (QED) is 0.865. The summed E-state index contributed by atoms with van der Waals surface area (Å²) >= 11 is 0. The van der Waals surface area contributed by atoms with Crippen LogP contribution in [0.15, 0.2) is 6.20 Å².